The molecular formula is C48H40N6O2S2. The van der Waals surface area contributed by atoms with Gasteiger partial charge in [-0.25, -0.2) is 0 Å². The number of aromatic hydroxyl groups is 2. The molecule has 7 rings (SSSR count). The molecule has 0 aliphatic carbocycles. The van der Waals surface area contributed by atoms with Crippen LogP contribution < -0.4 is 0 Å². The van der Waals surface area contributed by atoms with Crippen LogP contribution in [0.15, 0.2) is 198 Å². The number of aliphatic imine (C=N–C) groups is 2. The molecule has 58 heavy (non-hydrogen) atoms. The molecule has 0 radical (unpaired) electrons. The fourth-order valence-corrected chi connectivity index (χ4v) is 7.74. The first-order chi connectivity index (χ1) is 28.4. The summed E-state index contributed by atoms with van der Waals surface area (Å²) in [5, 5.41) is 38.6. The summed E-state index contributed by atoms with van der Waals surface area (Å²) >= 11 is 3.44. The predicted octanol–water partition coefficient (Wildman–Crippen LogP) is 14.6. The molecule has 0 unspecified atom stereocenters. The number of hydrogen-bond donors (Lipinski definition) is 2. The minimum atomic E-state index is 0.117. The third-order valence-corrected chi connectivity index (χ3v) is 11.2. The molecule has 8 nitrogen and oxygen atoms in total. The minimum Gasteiger partial charge on any atom is -0.507 e. The molecular weight excluding hydrogens is 757 g/mol. The van der Waals surface area contributed by atoms with Crippen molar-refractivity contribution in [3.05, 3.63) is 191 Å². The maximum atomic E-state index is 10.6. The van der Waals surface area contributed by atoms with Crippen LogP contribution in [0.5, 0.6) is 11.5 Å². The van der Waals surface area contributed by atoms with Gasteiger partial charge < -0.3 is 10.2 Å². The number of phenolic OH excluding ortho intramolecular Hbond substituents is 2. The van der Waals surface area contributed by atoms with Gasteiger partial charge >= 0.3 is 0 Å². The van der Waals surface area contributed by atoms with Crippen LogP contribution in [0.3, 0.4) is 0 Å². The van der Waals surface area contributed by atoms with Gasteiger partial charge in [-0.2, -0.15) is 20.5 Å². The Morgan fingerprint density at radius 1 is 0.431 bits per heavy atom. The minimum absolute atomic E-state index is 0.117. The lowest BCUT2D eigenvalue weighted by Crippen LogP contribution is -1.91. The summed E-state index contributed by atoms with van der Waals surface area (Å²) in [6.45, 7) is 4.06. The Morgan fingerprint density at radius 2 is 0.793 bits per heavy atom. The molecule has 7 aromatic rings. The van der Waals surface area contributed by atoms with Gasteiger partial charge in [0, 0.05) is 44.9 Å². The Kier molecular flexibility index (Phi) is 13.3. The van der Waals surface area contributed by atoms with Gasteiger partial charge in [0.15, 0.2) is 0 Å². The molecule has 0 fully saturated rings. The molecule has 0 spiro atoms. The molecule has 0 bridgehead atoms. The zero-order valence-corrected chi connectivity index (χ0v) is 33.6. The molecule has 0 aliphatic heterocycles. The first-order valence-electron chi connectivity index (χ1n) is 18.6. The number of azo groups is 2. The van der Waals surface area contributed by atoms with Crippen LogP contribution in [0.2, 0.25) is 0 Å². The van der Waals surface area contributed by atoms with Crippen LogP contribution in [0.4, 0.5) is 34.1 Å². The summed E-state index contributed by atoms with van der Waals surface area (Å²) < 4.78 is 0. The third kappa shape index (κ3) is 11.0. The number of phenols is 2. The van der Waals surface area contributed by atoms with Crippen molar-refractivity contribution in [3.8, 4) is 11.5 Å². The lowest BCUT2D eigenvalue weighted by Gasteiger charge is -2.11. The standard InChI is InChI=1S/C48H40N6O2S2/c1-33-15-19-39(20-16-33)51-53-41-23-25-45(55)37(27-41)29-49-43-11-5-7-13-47(43)57-31-35-9-3-4-10-36(35)32-58-48-14-8-6-12-44(48)50-30-38-28-42(24-26-46(38)56)54-52-40-21-17-34(2)18-22-40/h3-30,55-56H,31-32H2,1-2H3. The molecule has 0 amide bonds. The topological polar surface area (TPSA) is 115 Å². The number of rotatable bonds is 14. The van der Waals surface area contributed by atoms with Crippen LogP contribution >= 0.6 is 23.5 Å². The Balaban J connectivity index is 1.01. The highest BCUT2D eigenvalue weighted by Crippen LogP contribution is 2.36. The largest absolute Gasteiger partial charge is 0.507 e. The summed E-state index contributed by atoms with van der Waals surface area (Å²) in [7, 11) is 0. The first-order valence-corrected chi connectivity index (χ1v) is 20.5. The second-order valence-corrected chi connectivity index (χ2v) is 15.4. The highest BCUT2D eigenvalue weighted by molar-refractivity contribution is 7.99. The number of hydrogen-bond acceptors (Lipinski definition) is 10. The summed E-state index contributed by atoms with van der Waals surface area (Å²) in [4.78, 5) is 11.6. The summed E-state index contributed by atoms with van der Waals surface area (Å²) in [6, 6.07) is 50.3. The average molecular weight is 797 g/mol. The van der Waals surface area contributed by atoms with E-state index in [2.05, 4.69) is 56.9 Å². The Bertz CT molecular complexity index is 2440. The second kappa shape index (κ2) is 19.5. The van der Waals surface area contributed by atoms with Crippen LogP contribution in [0, 0.1) is 13.8 Å². The van der Waals surface area contributed by atoms with Crippen molar-refractivity contribution in [2.75, 3.05) is 0 Å². The molecule has 0 saturated carbocycles. The van der Waals surface area contributed by atoms with E-state index in [0.29, 0.717) is 22.5 Å². The molecule has 2 N–H and O–H groups in total. The van der Waals surface area contributed by atoms with E-state index < -0.39 is 0 Å². The van der Waals surface area contributed by atoms with Crippen LogP contribution in [0.1, 0.15) is 33.4 Å². The van der Waals surface area contributed by atoms with Crippen molar-refractivity contribution in [1.82, 2.24) is 0 Å². The number of benzene rings is 7. The number of aryl methyl sites for hydroxylation is 2. The quantitative estimate of drug-likeness (QED) is 0.0648. The van der Waals surface area contributed by atoms with E-state index in [4.69, 9.17) is 9.98 Å². The van der Waals surface area contributed by atoms with E-state index >= 15 is 0 Å². The van der Waals surface area contributed by atoms with Crippen molar-refractivity contribution in [2.45, 2.75) is 35.1 Å². The van der Waals surface area contributed by atoms with Crippen molar-refractivity contribution in [3.63, 3.8) is 0 Å². The highest BCUT2D eigenvalue weighted by atomic mass is 32.2. The van der Waals surface area contributed by atoms with E-state index in [1.807, 2.05) is 98.8 Å². The fraction of sp³-hybridized carbons (Fsp3) is 0.0833. The molecule has 10 heteroatoms. The van der Waals surface area contributed by atoms with Gasteiger partial charge in [0.1, 0.15) is 11.5 Å². The van der Waals surface area contributed by atoms with E-state index in [0.717, 1.165) is 55.2 Å². The highest BCUT2D eigenvalue weighted by Gasteiger charge is 2.10. The maximum absolute atomic E-state index is 10.6. The molecule has 7 aromatic carbocycles. The summed E-state index contributed by atoms with van der Waals surface area (Å²) in [6.07, 6.45) is 3.33. The second-order valence-electron chi connectivity index (χ2n) is 13.4. The lowest BCUT2D eigenvalue weighted by atomic mass is 10.1. The van der Waals surface area contributed by atoms with Crippen LogP contribution in [-0.2, 0) is 11.5 Å². The first kappa shape index (κ1) is 39.6. The van der Waals surface area contributed by atoms with Gasteiger partial charge in [-0.1, -0.05) is 83.9 Å². The van der Waals surface area contributed by atoms with Gasteiger partial charge in [-0.15, -0.1) is 23.5 Å². The zero-order valence-electron chi connectivity index (χ0n) is 32.0. The average Bonchev–Trinajstić information content (AvgIpc) is 3.25. The van der Waals surface area contributed by atoms with E-state index in [1.54, 1.807) is 72.4 Å². The molecule has 0 aliphatic rings. The van der Waals surface area contributed by atoms with E-state index in [9.17, 15) is 10.2 Å². The SMILES string of the molecule is Cc1ccc(N=Nc2ccc(O)c(C=Nc3ccccc3SCc3ccccc3CSc3ccccc3N=Cc3cc(N=Nc4ccc(C)cc4)ccc3O)c2)cc1. The van der Waals surface area contributed by atoms with Gasteiger partial charge in [0.25, 0.3) is 0 Å². The van der Waals surface area contributed by atoms with Crippen LogP contribution in [0.25, 0.3) is 0 Å². The Labute approximate surface area is 346 Å². The van der Waals surface area contributed by atoms with Gasteiger partial charge in [0.2, 0.25) is 0 Å². The predicted molar refractivity (Wildman–Crippen MR) is 240 cm³/mol. The number of para-hydroxylation sites is 2. The normalized spacial score (nSPS) is 11.8. The fourth-order valence-electron chi connectivity index (χ4n) is 5.67. The Hall–Kier alpha value is -6.62. The van der Waals surface area contributed by atoms with Crippen molar-refractivity contribution < 1.29 is 10.2 Å². The molecule has 286 valence electrons. The van der Waals surface area contributed by atoms with Crippen molar-refractivity contribution in [1.29, 1.82) is 0 Å². The number of thioether (sulfide) groups is 2. The molecule has 0 atom stereocenters. The monoisotopic (exact) mass is 796 g/mol. The van der Waals surface area contributed by atoms with E-state index in [-0.39, 0.29) is 11.5 Å². The van der Waals surface area contributed by atoms with Gasteiger partial charge in [0.05, 0.1) is 34.1 Å². The lowest BCUT2D eigenvalue weighted by molar-refractivity contribution is 0.474. The molecule has 0 saturated heterocycles. The number of nitrogens with zero attached hydrogens (tertiary/aromatic N) is 6. The van der Waals surface area contributed by atoms with Crippen LogP contribution in [-0.4, -0.2) is 22.6 Å². The molecule has 0 aromatic heterocycles. The third-order valence-electron chi connectivity index (χ3n) is 8.95. The van der Waals surface area contributed by atoms with E-state index in [1.165, 1.54) is 11.1 Å². The maximum Gasteiger partial charge on any atom is 0.124 e. The van der Waals surface area contributed by atoms with Crippen molar-refractivity contribution in [2.24, 2.45) is 30.4 Å². The van der Waals surface area contributed by atoms with Gasteiger partial charge in [-0.3, -0.25) is 9.98 Å². The summed E-state index contributed by atoms with van der Waals surface area (Å²) in [5.41, 5.74) is 10.2. The Morgan fingerprint density at radius 3 is 1.22 bits per heavy atom. The molecule has 0 heterocycles. The zero-order chi connectivity index (χ0) is 40.1. The van der Waals surface area contributed by atoms with Crippen molar-refractivity contribution >= 4 is 70.1 Å². The summed E-state index contributed by atoms with van der Waals surface area (Å²) in [5.74, 6) is 1.73. The van der Waals surface area contributed by atoms with Gasteiger partial charge in [-0.05, 0) is 110 Å². The smallest absolute Gasteiger partial charge is 0.124 e.